The van der Waals surface area contributed by atoms with Crippen molar-refractivity contribution in [3.63, 3.8) is 0 Å². The van der Waals surface area contributed by atoms with Gasteiger partial charge in [0.2, 0.25) is 23.5 Å². The van der Waals surface area contributed by atoms with Gasteiger partial charge in [-0.3, -0.25) is 9.59 Å². The number of amides is 2. The number of ether oxygens (including phenoxy) is 1. The molecule has 2 aliphatic heterocycles. The maximum Gasteiger partial charge on any atom is 0.230 e. The summed E-state index contributed by atoms with van der Waals surface area (Å²) in [5.41, 5.74) is 1.71. The van der Waals surface area contributed by atoms with Crippen LogP contribution in [0, 0.1) is 5.92 Å². The van der Waals surface area contributed by atoms with E-state index in [0.717, 1.165) is 35.1 Å². The van der Waals surface area contributed by atoms with E-state index in [1.54, 1.807) is 12.0 Å². The highest BCUT2D eigenvalue weighted by molar-refractivity contribution is 7.27. The second-order valence-electron chi connectivity index (χ2n) is 8.75. The van der Waals surface area contributed by atoms with Gasteiger partial charge >= 0.3 is 0 Å². The standard InChI is InChI=1S/C25H27N4O4P/c1-32-20-8-7-17(13-21(20)34)23-26-24(33-27-23)16-9-11-28(12-10-16)25(31)18-14-22(30)29(15-18)19-5-3-2-4-6-19/h2-8,13,16,18H,9-12,14-15,34H2,1H3/t18-/m1/s1. The lowest BCUT2D eigenvalue weighted by Crippen LogP contribution is -2.42. The predicted octanol–water partition coefficient (Wildman–Crippen LogP) is 3.00. The van der Waals surface area contributed by atoms with Gasteiger partial charge in [-0.15, -0.1) is 9.24 Å². The number of rotatable bonds is 5. The largest absolute Gasteiger partial charge is 0.496 e. The number of hydrogen-bond donors (Lipinski definition) is 0. The van der Waals surface area contributed by atoms with Crippen LogP contribution in [0.4, 0.5) is 5.69 Å². The minimum atomic E-state index is -0.296. The summed E-state index contributed by atoms with van der Waals surface area (Å²) >= 11 is 0. The van der Waals surface area contributed by atoms with E-state index in [-0.39, 0.29) is 30.1 Å². The first-order valence-corrected chi connectivity index (χ1v) is 12.0. The molecule has 3 heterocycles. The SMILES string of the molecule is COc1ccc(-c2noc(C3CCN(C(=O)[C@@H]4CC(=O)N(c5ccccc5)C4)CC3)n2)cc1P. The minimum Gasteiger partial charge on any atom is -0.496 e. The van der Waals surface area contributed by atoms with E-state index in [9.17, 15) is 9.59 Å². The number of hydrogen-bond acceptors (Lipinski definition) is 6. The summed E-state index contributed by atoms with van der Waals surface area (Å²) < 4.78 is 10.9. The summed E-state index contributed by atoms with van der Waals surface area (Å²) in [6.45, 7) is 1.68. The molecule has 1 unspecified atom stereocenters. The van der Waals surface area contributed by atoms with Crippen LogP contribution in [-0.4, -0.2) is 53.6 Å². The smallest absolute Gasteiger partial charge is 0.230 e. The zero-order chi connectivity index (χ0) is 23.7. The van der Waals surface area contributed by atoms with Crippen LogP contribution in [0.2, 0.25) is 0 Å². The number of nitrogens with zero attached hydrogens (tertiary/aromatic N) is 4. The number of aromatic nitrogens is 2. The van der Waals surface area contributed by atoms with Gasteiger partial charge < -0.3 is 19.1 Å². The monoisotopic (exact) mass is 478 g/mol. The number of piperidine rings is 1. The normalized spacial score (nSPS) is 19.0. The van der Waals surface area contributed by atoms with Gasteiger partial charge in [0.25, 0.3) is 0 Å². The van der Waals surface area contributed by atoms with Gasteiger partial charge in [0.1, 0.15) is 5.75 Å². The Bertz CT molecular complexity index is 1190. The van der Waals surface area contributed by atoms with Crippen LogP contribution in [-0.2, 0) is 9.59 Å². The van der Waals surface area contributed by atoms with Crippen molar-refractivity contribution in [2.45, 2.75) is 25.2 Å². The van der Waals surface area contributed by atoms with Gasteiger partial charge in [0.05, 0.1) is 13.0 Å². The summed E-state index contributed by atoms with van der Waals surface area (Å²) in [4.78, 5) is 33.8. The van der Waals surface area contributed by atoms with E-state index in [2.05, 4.69) is 19.4 Å². The quantitative estimate of drug-likeness (QED) is 0.524. The summed E-state index contributed by atoms with van der Waals surface area (Å²) in [5, 5.41) is 5.09. The summed E-state index contributed by atoms with van der Waals surface area (Å²) in [6.07, 6.45) is 1.78. The molecule has 2 saturated heterocycles. The van der Waals surface area contributed by atoms with E-state index >= 15 is 0 Å². The molecule has 0 bridgehead atoms. The van der Waals surface area contributed by atoms with Crippen LogP contribution >= 0.6 is 9.24 Å². The van der Waals surface area contributed by atoms with Crippen LogP contribution in [0.5, 0.6) is 5.75 Å². The number of methoxy groups -OCH3 is 1. The molecule has 2 amide bonds. The molecule has 1 aromatic heterocycles. The zero-order valence-corrected chi connectivity index (χ0v) is 20.2. The number of likely N-dealkylation sites (tertiary alicyclic amines) is 1. The third-order valence-corrected chi connectivity index (χ3v) is 7.08. The molecule has 9 heteroatoms. The predicted molar refractivity (Wildman–Crippen MR) is 131 cm³/mol. The molecule has 8 nitrogen and oxygen atoms in total. The van der Waals surface area contributed by atoms with Crippen molar-refractivity contribution in [2.24, 2.45) is 5.92 Å². The van der Waals surface area contributed by atoms with Crippen molar-refractivity contribution < 1.29 is 18.8 Å². The molecule has 0 aliphatic carbocycles. The Kier molecular flexibility index (Phi) is 6.33. The van der Waals surface area contributed by atoms with Gasteiger partial charge in [-0.2, -0.15) is 4.98 Å². The van der Waals surface area contributed by atoms with Gasteiger partial charge in [-0.1, -0.05) is 23.4 Å². The van der Waals surface area contributed by atoms with Crippen LogP contribution in [0.25, 0.3) is 11.4 Å². The molecule has 0 radical (unpaired) electrons. The highest BCUT2D eigenvalue weighted by Crippen LogP contribution is 2.31. The summed E-state index contributed by atoms with van der Waals surface area (Å²) in [6, 6.07) is 15.3. The Morgan fingerprint density at radius 1 is 1.15 bits per heavy atom. The topological polar surface area (TPSA) is 88.8 Å². The molecule has 176 valence electrons. The first-order chi connectivity index (χ1) is 16.5. The van der Waals surface area contributed by atoms with Crippen LogP contribution in [0.15, 0.2) is 53.1 Å². The van der Waals surface area contributed by atoms with Crippen LogP contribution in [0.3, 0.4) is 0 Å². The van der Waals surface area contributed by atoms with Crippen molar-refractivity contribution in [2.75, 3.05) is 31.6 Å². The Balaban J connectivity index is 1.19. The number of carbonyl (C=O) groups excluding carboxylic acids is 2. The van der Waals surface area contributed by atoms with E-state index in [1.165, 1.54) is 0 Å². The highest BCUT2D eigenvalue weighted by Gasteiger charge is 2.38. The molecule has 0 spiro atoms. The molecular weight excluding hydrogens is 451 g/mol. The summed E-state index contributed by atoms with van der Waals surface area (Å²) in [7, 11) is 4.28. The van der Waals surface area contributed by atoms with Crippen molar-refractivity contribution >= 4 is 32.0 Å². The van der Waals surface area contributed by atoms with E-state index < -0.39 is 0 Å². The number of carbonyl (C=O) groups is 2. The Morgan fingerprint density at radius 2 is 1.91 bits per heavy atom. The molecule has 34 heavy (non-hydrogen) atoms. The average Bonchev–Trinajstić information content (AvgIpc) is 3.51. The molecule has 2 atom stereocenters. The fourth-order valence-corrected chi connectivity index (χ4v) is 5.12. The number of para-hydroxylation sites is 1. The van der Waals surface area contributed by atoms with Gasteiger partial charge in [-0.25, -0.2) is 0 Å². The van der Waals surface area contributed by atoms with Crippen LogP contribution < -0.4 is 14.9 Å². The average molecular weight is 478 g/mol. The third kappa shape index (κ3) is 4.42. The van der Waals surface area contributed by atoms with Crippen LogP contribution in [0.1, 0.15) is 31.1 Å². The van der Waals surface area contributed by atoms with E-state index in [0.29, 0.717) is 31.3 Å². The maximum absolute atomic E-state index is 13.1. The molecular formula is C25H27N4O4P. The molecule has 5 rings (SSSR count). The number of benzene rings is 2. The second kappa shape index (κ2) is 9.55. The summed E-state index contributed by atoms with van der Waals surface area (Å²) in [5.74, 6) is 1.82. The third-order valence-electron chi connectivity index (χ3n) is 6.63. The Labute approximate surface area is 200 Å². The second-order valence-corrected chi connectivity index (χ2v) is 9.38. The van der Waals surface area contributed by atoms with Crippen molar-refractivity contribution in [3.05, 3.63) is 54.4 Å². The molecule has 0 saturated carbocycles. The number of anilines is 1. The fourth-order valence-electron chi connectivity index (χ4n) is 4.73. The van der Waals surface area contributed by atoms with Crippen molar-refractivity contribution in [1.82, 2.24) is 15.0 Å². The highest BCUT2D eigenvalue weighted by atomic mass is 31.0. The molecule has 3 aromatic rings. The van der Waals surface area contributed by atoms with Gasteiger partial charge in [0, 0.05) is 48.5 Å². The lowest BCUT2D eigenvalue weighted by molar-refractivity contribution is -0.136. The lowest BCUT2D eigenvalue weighted by atomic mass is 9.95. The van der Waals surface area contributed by atoms with Crippen molar-refractivity contribution in [1.29, 1.82) is 0 Å². The van der Waals surface area contributed by atoms with E-state index in [1.807, 2.05) is 53.4 Å². The molecule has 0 N–H and O–H groups in total. The first-order valence-electron chi connectivity index (χ1n) is 11.4. The van der Waals surface area contributed by atoms with Crippen molar-refractivity contribution in [3.8, 4) is 17.1 Å². The van der Waals surface area contributed by atoms with Gasteiger partial charge in [-0.05, 0) is 43.2 Å². The zero-order valence-electron chi connectivity index (χ0n) is 19.0. The lowest BCUT2D eigenvalue weighted by Gasteiger charge is -2.32. The Hall–Kier alpha value is -3.25. The molecule has 2 aromatic carbocycles. The molecule has 2 fully saturated rings. The Morgan fingerprint density at radius 3 is 2.62 bits per heavy atom. The fraction of sp³-hybridized carbons (Fsp3) is 0.360. The van der Waals surface area contributed by atoms with E-state index in [4.69, 9.17) is 9.26 Å². The molecule has 2 aliphatic rings. The minimum absolute atomic E-state index is 0.00462. The maximum atomic E-state index is 13.1. The van der Waals surface area contributed by atoms with Gasteiger partial charge in [0.15, 0.2) is 0 Å². The first kappa shape index (κ1) is 22.5.